The first-order valence-electron chi connectivity index (χ1n) is 3.75. The summed E-state index contributed by atoms with van der Waals surface area (Å²) in [6.07, 6.45) is 0. The number of nitrogens with two attached hydrogens (primary N) is 1. The molecule has 0 aromatic heterocycles. The molecule has 0 aromatic carbocycles. The molecular formula is C7H13NO3. The lowest BCUT2D eigenvalue weighted by Gasteiger charge is -2.10. The van der Waals surface area contributed by atoms with Gasteiger partial charge in [0.1, 0.15) is 0 Å². The molecule has 0 aliphatic carbocycles. The van der Waals surface area contributed by atoms with E-state index in [1.165, 1.54) is 0 Å². The molecular weight excluding hydrogens is 146 g/mol. The normalized spacial score (nSPS) is 30.4. The lowest BCUT2D eigenvalue weighted by Crippen LogP contribution is -2.35. The van der Waals surface area contributed by atoms with E-state index in [-0.39, 0.29) is 17.9 Å². The van der Waals surface area contributed by atoms with Crippen LogP contribution < -0.4 is 5.73 Å². The Morgan fingerprint density at radius 3 is 2.91 bits per heavy atom. The molecule has 1 fully saturated rings. The van der Waals surface area contributed by atoms with Crippen LogP contribution in [0.2, 0.25) is 0 Å². The van der Waals surface area contributed by atoms with Gasteiger partial charge in [-0.25, -0.2) is 0 Å². The van der Waals surface area contributed by atoms with Crippen LogP contribution in [-0.4, -0.2) is 31.8 Å². The molecule has 2 atom stereocenters. The molecule has 1 aliphatic rings. The van der Waals surface area contributed by atoms with Gasteiger partial charge in [0, 0.05) is 6.04 Å². The van der Waals surface area contributed by atoms with Crippen molar-refractivity contribution in [2.75, 3.05) is 19.8 Å². The first kappa shape index (κ1) is 8.49. The number of rotatable bonds is 2. The molecule has 0 amide bonds. The lowest BCUT2D eigenvalue weighted by atomic mass is 10.1. The summed E-state index contributed by atoms with van der Waals surface area (Å²) < 4.78 is 9.81. The molecule has 0 unspecified atom stereocenters. The van der Waals surface area contributed by atoms with E-state index in [1.807, 2.05) is 0 Å². The predicted octanol–water partition coefficient (Wildman–Crippen LogP) is -0.477. The highest BCUT2D eigenvalue weighted by molar-refractivity contribution is 5.73. The highest BCUT2D eigenvalue weighted by Crippen LogP contribution is 2.12. The average Bonchev–Trinajstić information content (AvgIpc) is 2.36. The fourth-order valence-electron chi connectivity index (χ4n) is 1.06. The van der Waals surface area contributed by atoms with Crippen molar-refractivity contribution in [2.45, 2.75) is 13.0 Å². The van der Waals surface area contributed by atoms with Gasteiger partial charge >= 0.3 is 5.97 Å². The maximum atomic E-state index is 11.1. The molecule has 1 saturated heterocycles. The van der Waals surface area contributed by atoms with E-state index >= 15 is 0 Å². The minimum absolute atomic E-state index is 0.186. The minimum atomic E-state index is -0.255. The van der Waals surface area contributed by atoms with Crippen molar-refractivity contribution < 1.29 is 14.3 Å². The van der Waals surface area contributed by atoms with Gasteiger partial charge < -0.3 is 15.2 Å². The van der Waals surface area contributed by atoms with Crippen molar-refractivity contribution in [1.29, 1.82) is 0 Å². The van der Waals surface area contributed by atoms with Gasteiger partial charge in [-0.15, -0.1) is 0 Å². The van der Waals surface area contributed by atoms with E-state index in [4.69, 9.17) is 15.2 Å². The molecule has 0 saturated carbocycles. The van der Waals surface area contributed by atoms with Crippen LogP contribution in [0.3, 0.4) is 0 Å². The molecule has 4 nitrogen and oxygen atoms in total. The fourth-order valence-corrected chi connectivity index (χ4v) is 1.06. The van der Waals surface area contributed by atoms with Crippen LogP contribution in [0.25, 0.3) is 0 Å². The average molecular weight is 159 g/mol. The van der Waals surface area contributed by atoms with Crippen molar-refractivity contribution in [2.24, 2.45) is 11.7 Å². The summed E-state index contributed by atoms with van der Waals surface area (Å²) >= 11 is 0. The van der Waals surface area contributed by atoms with Crippen LogP contribution in [0.15, 0.2) is 0 Å². The van der Waals surface area contributed by atoms with E-state index in [0.29, 0.717) is 19.8 Å². The minimum Gasteiger partial charge on any atom is -0.466 e. The number of hydrogen-bond donors (Lipinski definition) is 1. The van der Waals surface area contributed by atoms with E-state index in [2.05, 4.69) is 0 Å². The maximum Gasteiger partial charge on any atom is 0.312 e. The molecule has 0 bridgehead atoms. The standard InChI is InChI=1S/C7H13NO3/c1-2-11-7(9)5-3-10-4-6(5)8/h5-6H,2-4,8H2,1H3/t5-,6+/m1/s1. The first-order chi connectivity index (χ1) is 5.25. The molecule has 0 aromatic rings. The van der Waals surface area contributed by atoms with E-state index in [9.17, 15) is 4.79 Å². The van der Waals surface area contributed by atoms with Crippen LogP contribution in [0.4, 0.5) is 0 Å². The Balaban J connectivity index is 2.39. The van der Waals surface area contributed by atoms with Crippen molar-refractivity contribution in [3.63, 3.8) is 0 Å². The molecule has 1 heterocycles. The monoisotopic (exact) mass is 159 g/mol. The van der Waals surface area contributed by atoms with Gasteiger partial charge in [-0.1, -0.05) is 0 Å². The molecule has 64 valence electrons. The second kappa shape index (κ2) is 3.69. The third-order valence-electron chi connectivity index (χ3n) is 1.71. The van der Waals surface area contributed by atoms with E-state index in [1.54, 1.807) is 6.92 Å². The number of carbonyl (C=O) groups is 1. The zero-order chi connectivity index (χ0) is 8.27. The van der Waals surface area contributed by atoms with Crippen LogP contribution in [-0.2, 0) is 14.3 Å². The fraction of sp³-hybridized carbons (Fsp3) is 0.857. The van der Waals surface area contributed by atoms with Crippen LogP contribution in [0.5, 0.6) is 0 Å². The Kier molecular flexibility index (Phi) is 2.84. The highest BCUT2D eigenvalue weighted by atomic mass is 16.5. The number of carbonyl (C=O) groups excluding carboxylic acids is 1. The summed E-state index contributed by atoms with van der Waals surface area (Å²) in [4.78, 5) is 11.1. The van der Waals surface area contributed by atoms with Gasteiger partial charge in [-0.3, -0.25) is 4.79 Å². The second-order valence-corrected chi connectivity index (χ2v) is 2.56. The van der Waals surface area contributed by atoms with Crippen molar-refractivity contribution in [3.05, 3.63) is 0 Å². The third kappa shape index (κ3) is 1.91. The predicted molar refractivity (Wildman–Crippen MR) is 38.9 cm³/mol. The van der Waals surface area contributed by atoms with Gasteiger partial charge in [-0.2, -0.15) is 0 Å². The first-order valence-corrected chi connectivity index (χ1v) is 3.75. The maximum absolute atomic E-state index is 11.1. The molecule has 1 aliphatic heterocycles. The van der Waals surface area contributed by atoms with Gasteiger partial charge in [0.2, 0.25) is 0 Å². The van der Waals surface area contributed by atoms with Crippen LogP contribution in [0.1, 0.15) is 6.92 Å². The van der Waals surface area contributed by atoms with Gasteiger partial charge in [0.05, 0.1) is 25.7 Å². The molecule has 0 radical (unpaired) electrons. The van der Waals surface area contributed by atoms with Gasteiger partial charge in [0.15, 0.2) is 0 Å². The van der Waals surface area contributed by atoms with Crippen molar-refractivity contribution >= 4 is 5.97 Å². The zero-order valence-corrected chi connectivity index (χ0v) is 6.58. The SMILES string of the molecule is CCOC(=O)[C@@H]1COC[C@@H]1N. The van der Waals surface area contributed by atoms with Crippen LogP contribution >= 0.6 is 0 Å². The summed E-state index contributed by atoms with van der Waals surface area (Å²) in [6, 6.07) is -0.186. The Morgan fingerprint density at radius 1 is 1.73 bits per heavy atom. The van der Waals surface area contributed by atoms with E-state index in [0.717, 1.165) is 0 Å². The number of hydrogen-bond acceptors (Lipinski definition) is 4. The summed E-state index contributed by atoms with van der Waals surface area (Å²) in [5.41, 5.74) is 5.58. The van der Waals surface area contributed by atoms with Gasteiger partial charge in [-0.05, 0) is 6.92 Å². The summed E-state index contributed by atoms with van der Waals surface area (Å²) in [5, 5.41) is 0. The second-order valence-electron chi connectivity index (χ2n) is 2.56. The number of ether oxygens (including phenoxy) is 2. The highest BCUT2D eigenvalue weighted by Gasteiger charge is 2.32. The Bertz CT molecular complexity index is 149. The lowest BCUT2D eigenvalue weighted by molar-refractivity contribution is -0.148. The van der Waals surface area contributed by atoms with Gasteiger partial charge in [0.25, 0.3) is 0 Å². The molecule has 0 spiro atoms. The Morgan fingerprint density at radius 2 is 2.45 bits per heavy atom. The van der Waals surface area contributed by atoms with Crippen LogP contribution in [0, 0.1) is 5.92 Å². The van der Waals surface area contributed by atoms with Crippen molar-refractivity contribution in [1.82, 2.24) is 0 Å². The molecule has 11 heavy (non-hydrogen) atoms. The molecule has 2 N–H and O–H groups in total. The van der Waals surface area contributed by atoms with E-state index < -0.39 is 0 Å². The Labute approximate surface area is 65.7 Å². The smallest absolute Gasteiger partial charge is 0.312 e. The largest absolute Gasteiger partial charge is 0.466 e. The quantitative estimate of drug-likeness (QED) is 0.553. The summed E-state index contributed by atoms with van der Waals surface area (Å²) in [7, 11) is 0. The third-order valence-corrected chi connectivity index (χ3v) is 1.71. The summed E-state index contributed by atoms with van der Waals surface area (Å²) in [5.74, 6) is -0.493. The number of esters is 1. The zero-order valence-electron chi connectivity index (χ0n) is 6.58. The van der Waals surface area contributed by atoms with Crippen molar-refractivity contribution in [3.8, 4) is 0 Å². The summed E-state index contributed by atoms with van der Waals surface area (Å²) in [6.45, 7) is 3.05. The molecule has 4 heteroatoms. The Hall–Kier alpha value is -0.610. The molecule has 1 rings (SSSR count). The topological polar surface area (TPSA) is 61.5 Å².